The fraction of sp³-hybridized carbons (Fsp3) is 0.975. The molecule has 0 heterocycles. The lowest BCUT2D eigenvalue weighted by Gasteiger charge is -2.09. The highest BCUT2D eigenvalue weighted by molar-refractivity contribution is 5.69. The largest absolute Gasteiger partial charge is 0.463 e. The molecule has 0 saturated carbocycles. The summed E-state index contributed by atoms with van der Waals surface area (Å²) in [6.45, 7) is 12.5. The lowest BCUT2D eigenvalue weighted by atomic mass is 10.0. The number of rotatable bonds is 44. The van der Waals surface area contributed by atoms with Crippen LogP contribution in [0, 0.1) is 0 Å². The monoisotopic (exact) mass is 705 g/mol. The average Bonchev–Trinajstić information content (AvgIpc) is 3.11. The summed E-state index contributed by atoms with van der Waals surface area (Å²) < 4.78 is 43.9. The van der Waals surface area contributed by atoms with Gasteiger partial charge in [0.1, 0.15) is 6.61 Å². The summed E-state index contributed by atoms with van der Waals surface area (Å²) in [5.74, 6) is -0.137. The maximum Gasteiger partial charge on any atom is 0.305 e. The third kappa shape index (κ3) is 45.2. The third-order valence-corrected chi connectivity index (χ3v) is 8.35. The molecule has 0 atom stereocenters. The molecule has 0 spiro atoms. The van der Waals surface area contributed by atoms with Gasteiger partial charge >= 0.3 is 5.97 Å². The van der Waals surface area contributed by atoms with E-state index in [2.05, 4.69) is 13.8 Å². The second-order valence-corrected chi connectivity index (χ2v) is 13.0. The number of ether oxygens (including phenoxy) is 8. The lowest BCUT2D eigenvalue weighted by molar-refractivity contribution is -0.145. The van der Waals surface area contributed by atoms with Crippen molar-refractivity contribution in [3.63, 3.8) is 0 Å². The summed E-state index contributed by atoms with van der Waals surface area (Å²) >= 11 is 0. The Kier molecular flexibility index (Phi) is 44.5. The zero-order chi connectivity index (χ0) is 35.4. The Morgan fingerprint density at radius 2 is 0.531 bits per heavy atom. The minimum Gasteiger partial charge on any atom is -0.463 e. The van der Waals surface area contributed by atoms with E-state index >= 15 is 0 Å². The van der Waals surface area contributed by atoms with Crippen molar-refractivity contribution in [3.8, 4) is 0 Å². The van der Waals surface area contributed by atoms with Gasteiger partial charge in [-0.05, 0) is 12.8 Å². The van der Waals surface area contributed by atoms with Gasteiger partial charge in [0.15, 0.2) is 0 Å². The van der Waals surface area contributed by atoms with E-state index in [9.17, 15) is 4.79 Å². The first-order chi connectivity index (χ1) is 24.3. The molecule has 9 nitrogen and oxygen atoms in total. The van der Waals surface area contributed by atoms with Gasteiger partial charge in [-0.25, -0.2) is 0 Å². The van der Waals surface area contributed by atoms with Gasteiger partial charge in [-0.15, -0.1) is 0 Å². The first-order valence-corrected chi connectivity index (χ1v) is 20.5. The van der Waals surface area contributed by atoms with Gasteiger partial charge in [0.05, 0.1) is 85.9 Å². The molecule has 0 aromatic heterocycles. The highest BCUT2D eigenvalue weighted by Crippen LogP contribution is 2.13. The Hall–Kier alpha value is -0.810. The van der Waals surface area contributed by atoms with Crippen LogP contribution in [0.2, 0.25) is 0 Å². The van der Waals surface area contributed by atoms with Crippen LogP contribution in [0.25, 0.3) is 0 Å². The summed E-state index contributed by atoms with van der Waals surface area (Å²) in [5, 5.41) is 0. The second-order valence-electron chi connectivity index (χ2n) is 13.0. The van der Waals surface area contributed by atoms with Gasteiger partial charge in [0, 0.05) is 13.0 Å². The number of carbonyl (C=O) groups excluding carboxylic acids is 1. The molecule has 0 aromatic rings. The number of hydrogen-bond donors (Lipinski definition) is 0. The van der Waals surface area contributed by atoms with E-state index in [4.69, 9.17) is 37.9 Å². The molecule has 0 radical (unpaired) electrons. The Morgan fingerprint density at radius 3 is 0.857 bits per heavy atom. The van der Waals surface area contributed by atoms with Gasteiger partial charge in [-0.2, -0.15) is 0 Å². The zero-order valence-electron chi connectivity index (χ0n) is 32.3. The summed E-state index contributed by atoms with van der Waals surface area (Å²) in [7, 11) is 0. The van der Waals surface area contributed by atoms with Crippen LogP contribution in [0.1, 0.15) is 155 Å². The van der Waals surface area contributed by atoms with Crippen LogP contribution >= 0.6 is 0 Å². The van der Waals surface area contributed by atoms with Gasteiger partial charge in [-0.1, -0.05) is 136 Å². The molecule has 0 saturated heterocycles. The molecular weight excluding hydrogens is 624 g/mol. The quantitative estimate of drug-likeness (QED) is 0.0455. The molecule has 0 aliphatic carbocycles. The van der Waals surface area contributed by atoms with E-state index < -0.39 is 0 Å². The maximum absolute atomic E-state index is 11.6. The van der Waals surface area contributed by atoms with Crippen molar-refractivity contribution in [3.05, 3.63) is 0 Å². The smallest absolute Gasteiger partial charge is 0.305 e. The van der Waals surface area contributed by atoms with E-state index in [1.54, 1.807) is 0 Å². The van der Waals surface area contributed by atoms with Crippen LogP contribution in [0.3, 0.4) is 0 Å². The van der Waals surface area contributed by atoms with Gasteiger partial charge in [-0.3, -0.25) is 4.79 Å². The SMILES string of the molecule is CCCCCCCCCCCCCCCCCCOCCOCCOCCOCCOCCOCCOCCOC(=O)CCCCCCC. The van der Waals surface area contributed by atoms with E-state index in [1.165, 1.54) is 116 Å². The van der Waals surface area contributed by atoms with E-state index in [0.29, 0.717) is 98.9 Å². The molecule has 294 valence electrons. The highest BCUT2D eigenvalue weighted by atomic mass is 16.6. The predicted octanol–water partition coefficient (Wildman–Crippen LogP) is 9.27. The standard InChI is InChI=1S/C40H80O9/c1-3-5-7-9-10-11-12-13-14-15-16-17-18-19-21-23-25-42-26-27-43-28-29-44-30-31-45-32-33-46-34-35-47-36-37-48-38-39-49-40(41)24-22-20-8-6-4-2/h3-39H2,1-2H3. The Bertz CT molecular complexity index is 608. The molecule has 0 bridgehead atoms. The summed E-state index contributed by atoms with van der Waals surface area (Å²) in [6, 6.07) is 0. The highest BCUT2D eigenvalue weighted by Gasteiger charge is 2.02. The first-order valence-electron chi connectivity index (χ1n) is 20.5. The third-order valence-electron chi connectivity index (χ3n) is 8.35. The van der Waals surface area contributed by atoms with Crippen molar-refractivity contribution in [2.24, 2.45) is 0 Å². The van der Waals surface area contributed by atoms with E-state index in [1.807, 2.05) is 0 Å². The Balaban J connectivity index is 3.08. The fourth-order valence-electron chi connectivity index (χ4n) is 5.33. The van der Waals surface area contributed by atoms with Gasteiger partial charge < -0.3 is 37.9 Å². The average molecular weight is 705 g/mol. The fourth-order valence-corrected chi connectivity index (χ4v) is 5.33. The molecule has 0 aliphatic rings. The molecule has 0 aromatic carbocycles. The molecule has 9 heteroatoms. The van der Waals surface area contributed by atoms with E-state index in [-0.39, 0.29) is 5.97 Å². The molecular formula is C40H80O9. The van der Waals surface area contributed by atoms with Crippen molar-refractivity contribution in [1.82, 2.24) is 0 Å². The molecule has 0 amide bonds. The van der Waals surface area contributed by atoms with Crippen molar-refractivity contribution in [2.75, 3.05) is 99.1 Å². The summed E-state index contributed by atoms with van der Waals surface area (Å²) in [6.07, 6.45) is 28.3. The Labute approximate surface area is 302 Å². The second kappa shape index (κ2) is 45.2. The van der Waals surface area contributed by atoms with E-state index in [0.717, 1.165) is 25.9 Å². The summed E-state index contributed by atoms with van der Waals surface area (Å²) in [4.78, 5) is 11.6. The van der Waals surface area contributed by atoms with Crippen molar-refractivity contribution in [1.29, 1.82) is 0 Å². The number of unbranched alkanes of at least 4 members (excludes halogenated alkanes) is 19. The normalized spacial score (nSPS) is 11.5. The first kappa shape index (κ1) is 48.2. The maximum atomic E-state index is 11.6. The molecule has 0 N–H and O–H groups in total. The number of esters is 1. The lowest BCUT2D eigenvalue weighted by Crippen LogP contribution is -2.15. The zero-order valence-corrected chi connectivity index (χ0v) is 32.3. The topological polar surface area (TPSA) is 90.9 Å². The van der Waals surface area contributed by atoms with Crippen LogP contribution in [-0.2, 0) is 42.7 Å². The summed E-state index contributed by atoms with van der Waals surface area (Å²) in [5.41, 5.74) is 0. The number of carbonyl (C=O) groups is 1. The van der Waals surface area contributed by atoms with Crippen LogP contribution in [0.4, 0.5) is 0 Å². The minimum atomic E-state index is -0.137. The number of hydrogen-bond acceptors (Lipinski definition) is 9. The van der Waals surface area contributed by atoms with Crippen LogP contribution in [0.15, 0.2) is 0 Å². The predicted molar refractivity (Wildman–Crippen MR) is 200 cm³/mol. The minimum absolute atomic E-state index is 0.137. The molecule has 49 heavy (non-hydrogen) atoms. The molecule has 0 rings (SSSR count). The van der Waals surface area contributed by atoms with Crippen LogP contribution in [-0.4, -0.2) is 105 Å². The van der Waals surface area contributed by atoms with Gasteiger partial charge in [0.2, 0.25) is 0 Å². The molecule has 0 aliphatic heterocycles. The van der Waals surface area contributed by atoms with Crippen molar-refractivity contribution >= 4 is 5.97 Å². The van der Waals surface area contributed by atoms with Crippen LogP contribution < -0.4 is 0 Å². The molecule has 0 fully saturated rings. The van der Waals surface area contributed by atoms with Crippen molar-refractivity contribution < 1.29 is 42.7 Å². The Morgan fingerprint density at radius 1 is 0.286 bits per heavy atom. The van der Waals surface area contributed by atoms with Crippen LogP contribution in [0.5, 0.6) is 0 Å². The van der Waals surface area contributed by atoms with Crippen molar-refractivity contribution in [2.45, 2.75) is 155 Å². The molecule has 0 unspecified atom stereocenters. The van der Waals surface area contributed by atoms with Gasteiger partial charge in [0.25, 0.3) is 0 Å².